The van der Waals surface area contributed by atoms with Crippen molar-refractivity contribution in [2.75, 3.05) is 32.9 Å². The van der Waals surface area contributed by atoms with E-state index in [-0.39, 0.29) is 30.6 Å². The number of carbonyl (C=O) groups is 2. The van der Waals surface area contributed by atoms with Gasteiger partial charge in [-0.05, 0) is 54.4 Å². The fourth-order valence-corrected chi connectivity index (χ4v) is 3.90. The normalized spacial score (nSPS) is 10.9. The number of anilines is 1. The second-order valence-electron chi connectivity index (χ2n) is 8.02. The smallest absolute Gasteiger partial charge is 0.318 e. The fourth-order valence-electron chi connectivity index (χ4n) is 3.15. The van der Waals surface area contributed by atoms with Gasteiger partial charge in [0.25, 0.3) is 0 Å². The summed E-state index contributed by atoms with van der Waals surface area (Å²) in [6.45, 7) is 1.74. The summed E-state index contributed by atoms with van der Waals surface area (Å²) >= 11 is 1.46. The minimum Gasteiger partial charge on any atom is -0.398 e. The quantitative estimate of drug-likeness (QED) is 0.443. The second-order valence-corrected chi connectivity index (χ2v) is 8.76. The highest BCUT2D eigenvalue weighted by Gasteiger charge is 2.16. The Morgan fingerprint density at radius 1 is 1.12 bits per heavy atom. The topological polar surface area (TPSA) is 91.6 Å². The Morgan fingerprint density at radius 2 is 1.94 bits per heavy atom. The molecule has 0 radical (unpaired) electrons. The minimum atomic E-state index is -0.339. The van der Waals surface area contributed by atoms with Gasteiger partial charge in [-0.3, -0.25) is 9.78 Å². The van der Waals surface area contributed by atoms with E-state index in [1.54, 1.807) is 40.7 Å². The lowest BCUT2D eigenvalue weighted by atomic mass is 10.1. The Morgan fingerprint density at radius 3 is 2.58 bits per heavy atom. The predicted molar refractivity (Wildman–Crippen MR) is 129 cm³/mol. The van der Waals surface area contributed by atoms with Gasteiger partial charge in [0.1, 0.15) is 11.5 Å². The first-order valence-corrected chi connectivity index (χ1v) is 11.5. The molecule has 9 heteroatoms. The van der Waals surface area contributed by atoms with Crippen molar-refractivity contribution >= 4 is 28.8 Å². The lowest BCUT2D eigenvalue weighted by Crippen LogP contribution is -2.42. The van der Waals surface area contributed by atoms with Crippen LogP contribution in [0, 0.1) is 5.82 Å². The van der Waals surface area contributed by atoms with Crippen LogP contribution in [0.5, 0.6) is 0 Å². The number of benzene rings is 1. The van der Waals surface area contributed by atoms with E-state index >= 15 is 0 Å². The molecular formula is C24H28FN5O2S. The second kappa shape index (κ2) is 11.5. The van der Waals surface area contributed by atoms with Crippen LogP contribution >= 0.6 is 11.3 Å². The highest BCUT2D eigenvalue weighted by molar-refractivity contribution is 7.08. The van der Waals surface area contributed by atoms with Crippen LogP contribution in [0.25, 0.3) is 0 Å². The van der Waals surface area contributed by atoms with E-state index in [1.807, 2.05) is 24.4 Å². The van der Waals surface area contributed by atoms with Crippen molar-refractivity contribution in [1.82, 2.24) is 20.1 Å². The molecule has 0 fully saturated rings. The average Bonchev–Trinajstić information content (AvgIpc) is 3.19. The van der Waals surface area contributed by atoms with Gasteiger partial charge >= 0.3 is 6.03 Å². The zero-order valence-corrected chi connectivity index (χ0v) is 19.6. The lowest BCUT2D eigenvalue weighted by Gasteiger charge is -2.25. The van der Waals surface area contributed by atoms with Crippen LogP contribution in [0.2, 0.25) is 0 Å². The third-order valence-corrected chi connectivity index (χ3v) is 5.86. The van der Waals surface area contributed by atoms with E-state index in [0.717, 1.165) is 11.1 Å². The maximum Gasteiger partial charge on any atom is 0.318 e. The van der Waals surface area contributed by atoms with Crippen LogP contribution in [0.3, 0.4) is 0 Å². The van der Waals surface area contributed by atoms with E-state index < -0.39 is 0 Å². The molecule has 1 aromatic carbocycles. The molecule has 3 N–H and O–H groups in total. The first kappa shape index (κ1) is 24.3. The van der Waals surface area contributed by atoms with E-state index in [4.69, 9.17) is 5.73 Å². The predicted octanol–water partition coefficient (Wildman–Crippen LogP) is 3.56. The number of halogens is 1. The van der Waals surface area contributed by atoms with Gasteiger partial charge in [-0.25, -0.2) is 9.18 Å². The number of ketones is 1. The molecular weight excluding hydrogens is 441 g/mol. The summed E-state index contributed by atoms with van der Waals surface area (Å²) in [4.78, 5) is 33.3. The van der Waals surface area contributed by atoms with Crippen LogP contribution in [0.1, 0.15) is 27.2 Å². The molecule has 2 heterocycles. The number of nitrogen functional groups attached to an aromatic ring is 1. The summed E-state index contributed by atoms with van der Waals surface area (Å²) < 4.78 is 13.4. The average molecular weight is 470 g/mol. The molecule has 2 aromatic heterocycles. The molecule has 0 spiro atoms. The summed E-state index contributed by atoms with van der Waals surface area (Å²) in [6.07, 6.45) is 1.83. The fraction of sp³-hybridized carbons (Fsp3) is 0.292. The number of urea groups is 1. The van der Waals surface area contributed by atoms with Crippen molar-refractivity contribution in [2.24, 2.45) is 0 Å². The molecule has 33 heavy (non-hydrogen) atoms. The Bertz CT molecular complexity index is 1080. The Balaban J connectivity index is 1.63. The van der Waals surface area contributed by atoms with Crippen LogP contribution in [-0.2, 0) is 19.5 Å². The number of thiophene rings is 1. The zero-order chi connectivity index (χ0) is 23.8. The van der Waals surface area contributed by atoms with Gasteiger partial charge < -0.3 is 20.9 Å². The number of rotatable bonds is 10. The SMILES string of the molecule is CN(C)CCN(Cc1ccc(C(=O)Cc2cscc2N)nc1)C(=O)NCc1cccc(F)c1. The zero-order valence-electron chi connectivity index (χ0n) is 18.8. The van der Waals surface area contributed by atoms with Crippen LogP contribution in [0.15, 0.2) is 53.4 Å². The lowest BCUT2D eigenvalue weighted by molar-refractivity contribution is 0.0988. The summed E-state index contributed by atoms with van der Waals surface area (Å²) in [7, 11) is 3.87. The summed E-state index contributed by atoms with van der Waals surface area (Å²) in [5.41, 5.74) is 9.14. The van der Waals surface area contributed by atoms with Gasteiger partial charge in [0.2, 0.25) is 0 Å². The maximum absolute atomic E-state index is 13.4. The standard InChI is InChI=1S/C24H28FN5O2S/c1-29(2)8-9-30(24(32)28-12-17-4-3-5-20(25)10-17)14-18-6-7-22(27-13-18)23(31)11-19-15-33-16-21(19)26/h3-7,10,13,15-16H,8-9,11-12,14,26H2,1-2H3,(H,28,32). The molecule has 0 bridgehead atoms. The van der Waals surface area contributed by atoms with Crippen molar-refractivity contribution in [1.29, 1.82) is 0 Å². The molecule has 0 saturated carbocycles. The molecule has 3 aromatic rings. The number of likely N-dealkylation sites (N-methyl/N-ethyl adjacent to an activating group) is 1. The van der Waals surface area contributed by atoms with E-state index in [0.29, 0.717) is 36.6 Å². The molecule has 0 aliphatic rings. The number of pyridine rings is 1. The molecule has 0 aliphatic heterocycles. The van der Waals surface area contributed by atoms with E-state index in [9.17, 15) is 14.0 Å². The number of amides is 2. The summed E-state index contributed by atoms with van der Waals surface area (Å²) in [5.74, 6) is -0.447. The largest absolute Gasteiger partial charge is 0.398 e. The summed E-state index contributed by atoms with van der Waals surface area (Å²) in [6, 6.07) is 9.36. The van der Waals surface area contributed by atoms with E-state index in [1.165, 1.54) is 23.5 Å². The van der Waals surface area contributed by atoms with E-state index in [2.05, 4.69) is 10.3 Å². The van der Waals surface area contributed by atoms with Crippen molar-refractivity contribution in [3.05, 3.63) is 81.6 Å². The number of aromatic nitrogens is 1. The van der Waals surface area contributed by atoms with Gasteiger partial charge in [-0.15, -0.1) is 11.3 Å². The van der Waals surface area contributed by atoms with Gasteiger partial charge in [0, 0.05) is 49.9 Å². The summed E-state index contributed by atoms with van der Waals surface area (Å²) in [5, 5.41) is 6.52. The van der Waals surface area contributed by atoms with Gasteiger partial charge in [-0.2, -0.15) is 0 Å². The third-order valence-electron chi connectivity index (χ3n) is 5.05. The van der Waals surface area contributed by atoms with Gasteiger partial charge in [-0.1, -0.05) is 18.2 Å². The molecule has 0 unspecified atom stereocenters. The molecule has 174 valence electrons. The number of hydrogen-bond acceptors (Lipinski definition) is 6. The number of hydrogen-bond donors (Lipinski definition) is 2. The number of nitrogens with one attached hydrogen (secondary N) is 1. The third kappa shape index (κ3) is 7.37. The first-order valence-electron chi connectivity index (χ1n) is 10.5. The molecule has 0 atom stereocenters. The number of nitrogens with zero attached hydrogens (tertiary/aromatic N) is 3. The van der Waals surface area contributed by atoms with Crippen LogP contribution < -0.4 is 11.1 Å². The minimum absolute atomic E-state index is 0.107. The Labute approximate surface area is 197 Å². The maximum atomic E-state index is 13.4. The molecule has 0 saturated heterocycles. The number of nitrogens with two attached hydrogens (primary N) is 1. The van der Waals surface area contributed by atoms with Gasteiger partial charge in [0.15, 0.2) is 5.78 Å². The highest BCUT2D eigenvalue weighted by atomic mass is 32.1. The first-order chi connectivity index (χ1) is 15.8. The Hall–Kier alpha value is -3.30. The van der Waals surface area contributed by atoms with Gasteiger partial charge in [0.05, 0.1) is 0 Å². The van der Waals surface area contributed by atoms with Crippen molar-refractivity contribution in [3.63, 3.8) is 0 Å². The van der Waals surface area contributed by atoms with Crippen LogP contribution in [0.4, 0.5) is 14.9 Å². The van der Waals surface area contributed by atoms with Crippen LogP contribution in [-0.4, -0.2) is 53.8 Å². The molecule has 3 rings (SSSR count). The Kier molecular flexibility index (Phi) is 8.51. The number of Topliss-reactive ketones (excluding diaryl/α,β-unsaturated/α-hetero) is 1. The molecule has 2 amide bonds. The highest BCUT2D eigenvalue weighted by Crippen LogP contribution is 2.19. The van der Waals surface area contributed by atoms with Crippen molar-refractivity contribution in [2.45, 2.75) is 19.5 Å². The number of carbonyl (C=O) groups excluding carboxylic acids is 2. The van der Waals surface area contributed by atoms with Crippen molar-refractivity contribution < 1.29 is 14.0 Å². The molecule has 7 nitrogen and oxygen atoms in total. The molecule has 0 aliphatic carbocycles. The van der Waals surface area contributed by atoms with Crippen molar-refractivity contribution in [3.8, 4) is 0 Å². The monoisotopic (exact) mass is 469 g/mol.